The van der Waals surface area contributed by atoms with E-state index in [1.807, 2.05) is 24.3 Å². The molecular formula is C29H46N2O2. The van der Waals surface area contributed by atoms with Crippen molar-refractivity contribution in [3.63, 3.8) is 0 Å². The second-order valence-corrected chi connectivity index (χ2v) is 9.30. The lowest BCUT2D eigenvalue weighted by molar-refractivity contribution is 0.291. The minimum atomic E-state index is 0.606. The summed E-state index contributed by atoms with van der Waals surface area (Å²) in [6, 6.07) is 8.12. The summed E-state index contributed by atoms with van der Waals surface area (Å²) in [5.41, 5.74) is 1.89. The van der Waals surface area contributed by atoms with Crippen LogP contribution < -0.4 is 9.47 Å². The Morgan fingerprint density at radius 2 is 1.33 bits per heavy atom. The number of hydrogen-bond donors (Lipinski definition) is 0. The second-order valence-electron chi connectivity index (χ2n) is 9.30. The molecule has 0 spiro atoms. The number of unbranched alkanes of at least 4 members (excludes halogenated alkanes) is 9. The molecule has 0 unspecified atom stereocenters. The number of ether oxygens (including phenoxy) is 2. The van der Waals surface area contributed by atoms with Gasteiger partial charge in [0.1, 0.15) is 5.75 Å². The van der Waals surface area contributed by atoms with Gasteiger partial charge in [0.05, 0.1) is 31.3 Å². The van der Waals surface area contributed by atoms with Crippen molar-refractivity contribution in [2.75, 3.05) is 13.2 Å². The Hall–Kier alpha value is -2.10. The lowest BCUT2D eigenvalue weighted by Crippen LogP contribution is -2.00. The van der Waals surface area contributed by atoms with E-state index in [9.17, 15) is 0 Å². The molecule has 0 radical (unpaired) electrons. The summed E-state index contributed by atoms with van der Waals surface area (Å²) < 4.78 is 11.6. The summed E-state index contributed by atoms with van der Waals surface area (Å²) in [6.45, 7) is 8.38. The molecule has 0 bridgehead atoms. The van der Waals surface area contributed by atoms with Crippen LogP contribution in [-0.2, 0) is 0 Å². The van der Waals surface area contributed by atoms with Crippen molar-refractivity contribution in [3.8, 4) is 22.9 Å². The minimum Gasteiger partial charge on any atom is -0.494 e. The molecule has 1 aromatic carbocycles. The molecule has 0 N–H and O–H groups in total. The van der Waals surface area contributed by atoms with Crippen molar-refractivity contribution in [2.45, 2.75) is 104 Å². The summed E-state index contributed by atoms with van der Waals surface area (Å²) in [4.78, 5) is 8.95. The highest BCUT2D eigenvalue weighted by Gasteiger charge is 2.03. The molecule has 0 aliphatic heterocycles. The maximum absolute atomic E-state index is 5.87. The topological polar surface area (TPSA) is 44.2 Å². The molecular weight excluding hydrogens is 408 g/mol. The summed E-state index contributed by atoms with van der Waals surface area (Å²) >= 11 is 0. The van der Waals surface area contributed by atoms with Crippen LogP contribution in [-0.4, -0.2) is 23.2 Å². The van der Waals surface area contributed by atoms with E-state index in [4.69, 9.17) is 9.47 Å². The Morgan fingerprint density at radius 1 is 0.697 bits per heavy atom. The molecule has 1 aromatic heterocycles. The predicted molar refractivity (Wildman–Crippen MR) is 139 cm³/mol. The molecule has 0 saturated heterocycles. The Morgan fingerprint density at radius 3 is 1.97 bits per heavy atom. The van der Waals surface area contributed by atoms with Gasteiger partial charge in [-0.15, -0.1) is 0 Å². The van der Waals surface area contributed by atoms with Crippen LogP contribution in [0.1, 0.15) is 104 Å². The number of nitrogens with zero attached hydrogens (tertiary/aromatic N) is 2. The number of hydrogen-bond acceptors (Lipinski definition) is 4. The van der Waals surface area contributed by atoms with Crippen molar-refractivity contribution in [1.29, 1.82) is 0 Å². The third-order valence-corrected chi connectivity index (χ3v) is 6.33. The van der Waals surface area contributed by atoms with Gasteiger partial charge in [0.25, 0.3) is 0 Å². The fourth-order valence-electron chi connectivity index (χ4n) is 3.84. The predicted octanol–water partition coefficient (Wildman–Crippen LogP) is 8.65. The first kappa shape index (κ1) is 27.1. The summed E-state index contributed by atoms with van der Waals surface area (Å²) in [5.74, 6) is 2.39. The Bertz CT molecular complexity index is 715. The standard InChI is InChI=1S/C29H46N2O2/c1-4-6-7-8-11-14-21-32-27-19-17-26(18-20-27)28-23-31-29(24-30-28)33-22-15-12-9-10-13-16-25(3)5-2/h17-20,23-25H,4-16,21-22H2,1-3H3/t25-/m0/s1. The highest BCUT2D eigenvalue weighted by molar-refractivity contribution is 5.59. The lowest BCUT2D eigenvalue weighted by atomic mass is 10.0. The Labute approximate surface area is 202 Å². The molecule has 4 nitrogen and oxygen atoms in total. The van der Waals surface area contributed by atoms with Gasteiger partial charge in [0, 0.05) is 5.56 Å². The van der Waals surface area contributed by atoms with Crippen LogP contribution in [0.5, 0.6) is 11.6 Å². The average Bonchev–Trinajstić information content (AvgIpc) is 2.85. The smallest absolute Gasteiger partial charge is 0.232 e. The molecule has 0 aliphatic rings. The molecule has 1 atom stereocenters. The molecule has 4 heteroatoms. The first-order chi connectivity index (χ1) is 16.2. The third kappa shape index (κ3) is 12.1. The third-order valence-electron chi connectivity index (χ3n) is 6.33. The molecule has 0 saturated carbocycles. The zero-order valence-electron chi connectivity index (χ0n) is 21.4. The second kappa shape index (κ2) is 17.4. The van der Waals surface area contributed by atoms with Crippen LogP contribution in [0, 0.1) is 5.92 Å². The molecule has 2 rings (SSSR count). The van der Waals surface area contributed by atoms with Gasteiger partial charge in [0.15, 0.2) is 0 Å². The largest absolute Gasteiger partial charge is 0.494 e. The van der Waals surface area contributed by atoms with E-state index in [0.717, 1.165) is 42.4 Å². The van der Waals surface area contributed by atoms with E-state index >= 15 is 0 Å². The van der Waals surface area contributed by atoms with E-state index in [1.165, 1.54) is 70.6 Å². The van der Waals surface area contributed by atoms with Crippen molar-refractivity contribution < 1.29 is 9.47 Å². The van der Waals surface area contributed by atoms with Crippen LogP contribution in [0.2, 0.25) is 0 Å². The number of rotatable bonds is 19. The first-order valence-electron chi connectivity index (χ1n) is 13.4. The normalized spacial score (nSPS) is 12.0. The van der Waals surface area contributed by atoms with Gasteiger partial charge in [-0.3, -0.25) is 0 Å². The van der Waals surface area contributed by atoms with E-state index in [0.29, 0.717) is 12.5 Å². The van der Waals surface area contributed by atoms with Gasteiger partial charge in [-0.1, -0.05) is 91.4 Å². The van der Waals surface area contributed by atoms with Gasteiger partial charge in [-0.2, -0.15) is 0 Å². The van der Waals surface area contributed by atoms with Crippen LogP contribution in [0.3, 0.4) is 0 Å². The quantitative estimate of drug-likeness (QED) is 0.199. The SMILES string of the molecule is CCCCCCCCOc1ccc(-c2cnc(OCCCCCCC[C@@H](C)CC)cn2)cc1. The van der Waals surface area contributed by atoms with E-state index in [2.05, 4.69) is 30.7 Å². The van der Waals surface area contributed by atoms with Crippen LogP contribution >= 0.6 is 0 Å². The highest BCUT2D eigenvalue weighted by Crippen LogP contribution is 2.21. The summed E-state index contributed by atoms with van der Waals surface area (Å²) in [6.07, 6.45) is 20.1. The van der Waals surface area contributed by atoms with Gasteiger partial charge < -0.3 is 9.47 Å². The molecule has 0 aliphatic carbocycles. The van der Waals surface area contributed by atoms with Crippen molar-refractivity contribution in [2.24, 2.45) is 5.92 Å². The molecule has 0 amide bonds. The van der Waals surface area contributed by atoms with Gasteiger partial charge in [0.2, 0.25) is 5.88 Å². The minimum absolute atomic E-state index is 0.606. The van der Waals surface area contributed by atoms with Gasteiger partial charge in [-0.05, 0) is 43.0 Å². The van der Waals surface area contributed by atoms with Crippen LogP contribution in [0.4, 0.5) is 0 Å². The number of aromatic nitrogens is 2. The zero-order valence-corrected chi connectivity index (χ0v) is 21.4. The average molecular weight is 455 g/mol. The fraction of sp³-hybridized carbons (Fsp3) is 0.655. The van der Waals surface area contributed by atoms with E-state index in [1.54, 1.807) is 12.4 Å². The molecule has 2 aromatic rings. The Balaban J connectivity index is 1.60. The zero-order chi connectivity index (χ0) is 23.6. The van der Waals surface area contributed by atoms with Crippen LogP contribution in [0.25, 0.3) is 11.3 Å². The molecule has 0 fully saturated rings. The van der Waals surface area contributed by atoms with Crippen molar-refractivity contribution in [3.05, 3.63) is 36.7 Å². The summed E-state index contributed by atoms with van der Waals surface area (Å²) in [7, 11) is 0. The van der Waals surface area contributed by atoms with Crippen molar-refractivity contribution in [1.82, 2.24) is 9.97 Å². The fourth-order valence-corrected chi connectivity index (χ4v) is 3.84. The van der Waals surface area contributed by atoms with Gasteiger partial charge in [-0.25, -0.2) is 9.97 Å². The van der Waals surface area contributed by atoms with Gasteiger partial charge >= 0.3 is 0 Å². The molecule has 1 heterocycles. The van der Waals surface area contributed by atoms with E-state index in [-0.39, 0.29) is 0 Å². The lowest BCUT2D eigenvalue weighted by Gasteiger charge is -2.08. The van der Waals surface area contributed by atoms with E-state index < -0.39 is 0 Å². The van der Waals surface area contributed by atoms with Crippen LogP contribution in [0.15, 0.2) is 36.7 Å². The maximum Gasteiger partial charge on any atom is 0.232 e. The Kier molecular flexibility index (Phi) is 14.3. The first-order valence-corrected chi connectivity index (χ1v) is 13.4. The summed E-state index contributed by atoms with van der Waals surface area (Å²) in [5, 5.41) is 0. The molecule has 33 heavy (non-hydrogen) atoms. The maximum atomic E-state index is 5.87. The molecule has 184 valence electrons. The monoisotopic (exact) mass is 454 g/mol. The highest BCUT2D eigenvalue weighted by atomic mass is 16.5. The van der Waals surface area contributed by atoms with Crippen molar-refractivity contribution >= 4 is 0 Å². The number of benzene rings is 1.